The van der Waals surface area contributed by atoms with Crippen LogP contribution < -0.4 is 4.90 Å². The van der Waals surface area contributed by atoms with Gasteiger partial charge in [0.05, 0.1) is 5.54 Å². The predicted molar refractivity (Wildman–Crippen MR) is 253 cm³/mol. The third-order valence-electron chi connectivity index (χ3n) is 15.1. The van der Waals surface area contributed by atoms with Crippen molar-refractivity contribution in [1.82, 2.24) is 0 Å². The SMILES string of the molecule is CC12CCCCC1(C)N(c1ccccc1)c1ccc(-c3ccc4c5c(-c6ccccc6)c6c7cccc8cccc(c6c(-c6ccccc6)c5c5cccc3c54)c87)cc12. The van der Waals surface area contributed by atoms with Gasteiger partial charge in [0.2, 0.25) is 0 Å². The first-order chi connectivity index (χ1) is 29.0. The van der Waals surface area contributed by atoms with Crippen molar-refractivity contribution in [1.29, 1.82) is 0 Å². The molecule has 0 radical (unpaired) electrons. The molecule has 11 aromatic carbocycles. The van der Waals surface area contributed by atoms with E-state index in [1.54, 1.807) is 0 Å². The van der Waals surface area contributed by atoms with Gasteiger partial charge in [-0.25, -0.2) is 0 Å². The number of nitrogens with zero attached hydrogens (tertiary/aromatic N) is 1. The summed E-state index contributed by atoms with van der Waals surface area (Å²) in [4.78, 5) is 2.68. The van der Waals surface area contributed by atoms with Gasteiger partial charge in [-0.15, -0.1) is 0 Å². The van der Waals surface area contributed by atoms with Crippen molar-refractivity contribution in [3.63, 3.8) is 0 Å². The van der Waals surface area contributed by atoms with Gasteiger partial charge in [0.25, 0.3) is 0 Å². The molecule has 280 valence electrons. The molecule has 0 spiro atoms. The van der Waals surface area contributed by atoms with Gasteiger partial charge in [-0.1, -0.05) is 171 Å². The fraction of sp³-hybridized carbons (Fsp3) is 0.138. The van der Waals surface area contributed by atoms with Crippen molar-refractivity contribution in [2.45, 2.75) is 50.5 Å². The summed E-state index contributed by atoms with van der Waals surface area (Å²) in [6.45, 7) is 5.08. The molecule has 1 saturated carbocycles. The van der Waals surface area contributed by atoms with Gasteiger partial charge >= 0.3 is 0 Å². The molecule has 2 aliphatic rings. The second-order valence-corrected chi connectivity index (χ2v) is 17.8. The summed E-state index contributed by atoms with van der Waals surface area (Å²) in [5.74, 6) is 0. The van der Waals surface area contributed by atoms with E-state index in [2.05, 4.69) is 195 Å². The van der Waals surface area contributed by atoms with Gasteiger partial charge in [-0.3, -0.25) is 0 Å². The van der Waals surface area contributed by atoms with Crippen molar-refractivity contribution in [3.05, 3.63) is 181 Å². The Labute approximate surface area is 344 Å². The lowest BCUT2D eigenvalue weighted by Gasteiger charge is -2.50. The smallest absolute Gasteiger partial charge is 0.0517 e. The lowest BCUT2D eigenvalue weighted by atomic mass is 9.61. The van der Waals surface area contributed by atoms with Gasteiger partial charge in [0, 0.05) is 16.8 Å². The molecule has 11 aromatic rings. The summed E-state index contributed by atoms with van der Waals surface area (Å²) in [5, 5.41) is 16.1. The second-order valence-electron chi connectivity index (χ2n) is 17.8. The zero-order chi connectivity index (χ0) is 39.0. The van der Waals surface area contributed by atoms with E-state index < -0.39 is 0 Å². The van der Waals surface area contributed by atoms with Crippen molar-refractivity contribution in [2.24, 2.45) is 0 Å². The monoisotopic (exact) mass is 753 g/mol. The first-order valence-corrected chi connectivity index (χ1v) is 21.5. The zero-order valence-corrected chi connectivity index (χ0v) is 33.5. The molecule has 2 unspecified atom stereocenters. The number of rotatable bonds is 4. The average molecular weight is 754 g/mol. The van der Waals surface area contributed by atoms with Crippen molar-refractivity contribution in [2.75, 3.05) is 4.90 Å². The van der Waals surface area contributed by atoms with Crippen LogP contribution in [-0.2, 0) is 5.41 Å². The van der Waals surface area contributed by atoms with E-state index in [9.17, 15) is 0 Å². The van der Waals surface area contributed by atoms with Crippen LogP contribution in [0.25, 0.3) is 98.0 Å². The molecule has 1 heterocycles. The van der Waals surface area contributed by atoms with Crippen LogP contribution >= 0.6 is 0 Å². The Balaban J connectivity index is 1.15. The Kier molecular flexibility index (Phi) is 6.73. The van der Waals surface area contributed by atoms with E-state index in [0.29, 0.717) is 0 Å². The largest absolute Gasteiger partial charge is 0.334 e. The quantitative estimate of drug-likeness (QED) is 0.173. The maximum Gasteiger partial charge on any atom is 0.0517 e. The molecule has 2 atom stereocenters. The fourth-order valence-corrected chi connectivity index (χ4v) is 12.3. The Morgan fingerprint density at radius 3 is 1.56 bits per heavy atom. The number of benzene rings is 9. The Bertz CT molecular complexity index is 3330. The highest BCUT2D eigenvalue weighted by molar-refractivity contribution is 6.46. The molecular weight excluding hydrogens is 711 g/mol. The molecule has 59 heavy (non-hydrogen) atoms. The van der Waals surface area contributed by atoms with Crippen LogP contribution in [0.2, 0.25) is 0 Å². The van der Waals surface area contributed by atoms with Crippen molar-refractivity contribution < 1.29 is 0 Å². The molecule has 1 nitrogen and oxygen atoms in total. The van der Waals surface area contributed by atoms with Gasteiger partial charge < -0.3 is 4.90 Å². The number of hydrogen-bond acceptors (Lipinski definition) is 1. The molecule has 1 aliphatic heterocycles. The van der Waals surface area contributed by atoms with Crippen molar-refractivity contribution in [3.8, 4) is 33.4 Å². The topological polar surface area (TPSA) is 3.24 Å². The summed E-state index contributed by atoms with van der Waals surface area (Å²) in [5.41, 5.74) is 12.1. The van der Waals surface area contributed by atoms with Crippen LogP contribution in [0.15, 0.2) is 176 Å². The zero-order valence-electron chi connectivity index (χ0n) is 33.5. The predicted octanol–water partition coefficient (Wildman–Crippen LogP) is 16.2. The van der Waals surface area contributed by atoms with Gasteiger partial charge in [-0.2, -0.15) is 0 Å². The van der Waals surface area contributed by atoms with Crippen LogP contribution in [0, 0.1) is 0 Å². The van der Waals surface area contributed by atoms with E-state index in [1.165, 1.54) is 141 Å². The van der Waals surface area contributed by atoms with Gasteiger partial charge in [0.15, 0.2) is 0 Å². The minimum absolute atomic E-state index is 0.0161. The van der Waals surface area contributed by atoms with Crippen LogP contribution in [-0.4, -0.2) is 5.54 Å². The van der Waals surface area contributed by atoms with Gasteiger partial charge in [-0.05, 0) is 148 Å². The fourth-order valence-electron chi connectivity index (χ4n) is 12.3. The summed E-state index contributed by atoms with van der Waals surface area (Å²) in [7, 11) is 0. The van der Waals surface area contributed by atoms with Crippen LogP contribution in [0.3, 0.4) is 0 Å². The number of anilines is 2. The summed E-state index contributed by atoms with van der Waals surface area (Å²) >= 11 is 0. The second kappa shape index (κ2) is 11.9. The maximum atomic E-state index is 2.68. The minimum atomic E-state index is 0.0161. The number of para-hydroxylation sites is 1. The number of fused-ring (bicyclic) bond motifs is 9. The Morgan fingerprint density at radius 2 is 0.932 bits per heavy atom. The van der Waals surface area contributed by atoms with Crippen LogP contribution in [0.1, 0.15) is 45.1 Å². The molecule has 1 heteroatoms. The highest BCUT2D eigenvalue weighted by Gasteiger charge is 2.57. The summed E-state index contributed by atoms with van der Waals surface area (Å²) in [6, 6.07) is 66.6. The number of hydrogen-bond donors (Lipinski definition) is 0. The first-order valence-electron chi connectivity index (χ1n) is 21.5. The molecule has 0 saturated heterocycles. The summed E-state index contributed by atoms with van der Waals surface area (Å²) in [6.07, 6.45) is 4.94. The molecular formula is C58H43N. The maximum absolute atomic E-state index is 2.68. The lowest BCUT2D eigenvalue weighted by Crippen LogP contribution is -2.54. The molecule has 0 N–H and O–H groups in total. The van der Waals surface area contributed by atoms with E-state index in [1.807, 2.05) is 0 Å². The molecule has 0 bridgehead atoms. The Morgan fingerprint density at radius 1 is 0.407 bits per heavy atom. The molecule has 13 rings (SSSR count). The third-order valence-corrected chi connectivity index (χ3v) is 15.1. The first kappa shape index (κ1) is 33.3. The molecule has 0 aromatic heterocycles. The van der Waals surface area contributed by atoms with E-state index in [-0.39, 0.29) is 11.0 Å². The van der Waals surface area contributed by atoms with E-state index in [4.69, 9.17) is 0 Å². The molecule has 1 fully saturated rings. The standard InChI is InChI=1S/C58H43N/c1-57-33-12-13-34-58(57,2)59(40-23-10-5-11-24-40)48-32-29-39(35-47(48)57)41-30-31-46-52-42(41)25-16-28-45(52)55-50(37-17-6-3-7-18-37)53-43-26-14-21-36-22-15-27-44(49(36)43)54(53)51(56(46)55)38-19-8-4-9-20-38/h3-11,14-32,35H,12-13,33-34H2,1-2H3. The highest BCUT2D eigenvalue weighted by Crippen LogP contribution is 2.62. The van der Waals surface area contributed by atoms with E-state index >= 15 is 0 Å². The Hall–Kier alpha value is -6.70. The molecule has 1 aliphatic carbocycles. The normalized spacial score (nSPS) is 19.2. The summed E-state index contributed by atoms with van der Waals surface area (Å²) < 4.78 is 0. The minimum Gasteiger partial charge on any atom is -0.334 e. The van der Waals surface area contributed by atoms with Crippen LogP contribution in [0.4, 0.5) is 11.4 Å². The third kappa shape index (κ3) is 4.25. The van der Waals surface area contributed by atoms with Crippen molar-refractivity contribution >= 4 is 76.0 Å². The van der Waals surface area contributed by atoms with E-state index in [0.717, 1.165) is 0 Å². The van der Waals surface area contributed by atoms with Crippen LogP contribution in [0.5, 0.6) is 0 Å². The molecule has 0 amide bonds. The average Bonchev–Trinajstić information content (AvgIpc) is 3.87. The highest BCUT2D eigenvalue weighted by atomic mass is 15.3. The lowest BCUT2D eigenvalue weighted by molar-refractivity contribution is 0.195. The van der Waals surface area contributed by atoms with Gasteiger partial charge in [0.1, 0.15) is 0 Å².